The van der Waals surface area contributed by atoms with Crippen molar-refractivity contribution in [2.75, 3.05) is 5.43 Å². The fourth-order valence-electron chi connectivity index (χ4n) is 3.17. The van der Waals surface area contributed by atoms with E-state index in [2.05, 4.69) is 15.5 Å². The van der Waals surface area contributed by atoms with Crippen LogP contribution in [0.1, 0.15) is 11.1 Å². The lowest BCUT2D eigenvalue weighted by Crippen LogP contribution is -2.37. The van der Waals surface area contributed by atoms with Crippen molar-refractivity contribution in [1.82, 2.24) is 18.7 Å². The van der Waals surface area contributed by atoms with E-state index in [1.807, 2.05) is 24.3 Å². The first-order valence-electron chi connectivity index (χ1n) is 9.30. The number of rotatable bonds is 5. The maximum absolute atomic E-state index is 12.9. The van der Waals surface area contributed by atoms with Gasteiger partial charge in [-0.2, -0.15) is 10.1 Å². The van der Waals surface area contributed by atoms with E-state index in [1.165, 1.54) is 11.6 Å². The number of imidazole rings is 1. The van der Waals surface area contributed by atoms with Crippen molar-refractivity contribution in [2.24, 2.45) is 19.2 Å². The van der Waals surface area contributed by atoms with E-state index in [0.717, 1.165) is 15.7 Å². The second kappa shape index (κ2) is 8.41. The van der Waals surface area contributed by atoms with Gasteiger partial charge in [-0.15, -0.1) is 0 Å². The van der Waals surface area contributed by atoms with Crippen molar-refractivity contribution < 1.29 is 0 Å². The van der Waals surface area contributed by atoms with Crippen molar-refractivity contribution in [3.8, 4) is 0 Å². The molecule has 0 saturated carbocycles. The summed E-state index contributed by atoms with van der Waals surface area (Å²) in [5, 5.41) is 5.48. The van der Waals surface area contributed by atoms with Crippen molar-refractivity contribution in [3.63, 3.8) is 0 Å². The lowest BCUT2D eigenvalue weighted by Gasteiger charge is -2.09. The Kier molecular flexibility index (Phi) is 5.67. The van der Waals surface area contributed by atoms with Crippen LogP contribution in [0.25, 0.3) is 11.2 Å². The lowest BCUT2D eigenvalue weighted by atomic mass is 10.2. The van der Waals surface area contributed by atoms with E-state index in [4.69, 9.17) is 23.2 Å². The summed E-state index contributed by atoms with van der Waals surface area (Å²) in [7, 11) is 3.01. The number of benzene rings is 2. The van der Waals surface area contributed by atoms with E-state index in [1.54, 1.807) is 42.1 Å². The quantitative estimate of drug-likeness (QED) is 0.368. The van der Waals surface area contributed by atoms with Gasteiger partial charge in [0.1, 0.15) is 0 Å². The Morgan fingerprint density at radius 1 is 0.968 bits per heavy atom. The van der Waals surface area contributed by atoms with E-state index < -0.39 is 11.2 Å². The number of halogens is 2. The first kappa shape index (κ1) is 20.9. The third kappa shape index (κ3) is 4.12. The first-order valence-corrected chi connectivity index (χ1v) is 10.1. The molecule has 0 radical (unpaired) electrons. The smallest absolute Gasteiger partial charge is 0.298 e. The molecule has 4 aromatic rings. The molecule has 31 heavy (non-hydrogen) atoms. The molecule has 2 aromatic heterocycles. The van der Waals surface area contributed by atoms with Crippen LogP contribution in [0.15, 0.2) is 63.2 Å². The molecule has 0 spiro atoms. The second-order valence-electron chi connectivity index (χ2n) is 6.95. The second-order valence-corrected chi connectivity index (χ2v) is 7.82. The molecule has 158 valence electrons. The largest absolute Gasteiger partial charge is 0.332 e. The highest BCUT2D eigenvalue weighted by atomic mass is 35.5. The summed E-state index contributed by atoms with van der Waals surface area (Å²) >= 11 is 11.9. The van der Waals surface area contributed by atoms with Crippen LogP contribution in [-0.2, 0) is 20.6 Å². The summed E-state index contributed by atoms with van der Waals surface area (Å²) in [4.78, 5) is 29.7. The van der Waals surface area contributed by atoms with E-state index >= 15 is 0 Å². The minimum Gasteiger partial charge on any atom is -0.298 e. The third-order valence-electron chi connectivity index (χ3n) is 4.85. The average Bonchev–Trinajstić information content (AvgIpc) is 3.12. The molecule has 0 aliphatic rings. The zero-order valence-electron chi connectivity index (χ0n) is 16.7. The lowest BCUT2D eigenvalue weighted by molar-refractivity contribution is 0.702. The Hall–Kier alpha value is -3.36. The van der Waals surface area contributed by atoms with Crippen LogP contribution in [0, 0.1) is 0 Å². The van der Waals surface area contributed by atoms with Crippen LogP contribution in [0.4, 0.5) is 5.95 Å². The molecule has 0 unspecified atom stereocenters. The van der Waals surface area contributed by atoms with E-state index in [0.29, 0.717) is 28.1 Å². The van der Waals surface area contributed by atoms with Crippen molar-refractivity contribution in [3.05, 3.63) is 90.5 Å². The number of aromatic nitrogens is 4. The van der Waals surface area contributed by atoms with Crippen LogP contribution in [-0.4, -0.2) is 24.9 Å². The SMILES string of the molecule is Cn1c(=O)c2c(nc(NN=Cc3ccc(Cl)cc3)n2Cc2ccc(Cl)cc2)n(C)c1=O. The number of hydrogen-bond acceptors (Lipinski definition) is 5. The van der Waals surface area contributed by atoms with Crippen molar-refractivity contribution in [1.29, 1.82) is 0 Å². The van der Waals surface area contributed by atoms with Gasteiger partial charge in [-0.3, -0.25) is 18.5 Å². The Balaban J connectivity index is 1.80. The number of hydrogen-bond donors (Lipinski definition) is 1. The first-order chi connectivity index (χ1) is 14.8. The van der Waals surface area contributed by atoms with E-state index in [9.17, 15) is 9.59 Å². The number of aryl methyl sites for hydroxylation is 1. The average molecular weight is 457 g/mol. The molecule has 0 saturated heterocycles. The van der Waals surface area contributed by atoms with Gasteiger partial charge in [0.05, 0.1) is 12.8 Å². The predicted octanol–water partition coefficient (Wildman–Crippen LogP) is 3.23. The maximum atomic E-state index is 12.9. The summed E-state index contributed by atoms with van der Waals surface area (Å²) < 4.78 is 4.09. The topological polar surface area (TPSA) is 86.2 Å². The molecular weight excluding hydrogens is 439 g/mol. The van der Waals surface area contributed by atoms with Crippen LogP contribution >= 0.6 is 23.2 Å². The third-order valence-corrected chi connectivity index (χ3v) is 5.35. The Morgan fingerprint density at radius 2 is 1.58 bits per heavy atom. The van der Waals surface area contributed by atoms with Crippen LogP contribution in [0.2, 0.25) is 10.0 Å². The maximum Gasteiger partial charge on any atom is 0.332 e. The van der Waals surface area contributed by atoms with Gasteiger partial charge in [-0.25, -0.2) is 10.2 Å². The molecule has 0 aliphatic carbocycles. The molecule has 0 amide bonds. The monoisotopic (exact) mass is 456 g/mol. The molecular formula is C21H18Cl2N6O2. The van der Waals surface area contributed by atoms with Gasteiger partial charge < -0.3 is 0 Å². The molecule has 0 atom stereocenters. The fourth-order valence-corrected chi connectivity index (χ4v) is 3.42. The highest BCUT2D eigenvalue weighted by Crippen LogP contribution is 2.19. The summed E-state index contributed by atoms with van der Waals surface area (Å²) in [6, 6.07) is 14.4. The fraction of sp³-hybridized carbons (Fsp3) is 0.143. The standard InChI is InChI=1S/C21H18Cl2N6O2/c1-27-18-17(19(30)28(2)21(27)31)29(12-14-5-9-16(23)10-6-14)20(25-18)26-24-11-13-3-7-15(22)8-4-13/h3-11H,12H2,1-2H3,(H,25,26). The molecule has 1 N–H and O–H groups in total. The molecule has 0 fully saturated rings. The van der Waals surface area contributed by atoms with Gasteiger partial charge in [0.2, 0.25) is 5.95 Å². The van der Waals surface area contributed by atoms with Crippen LogP contribution in [0.5, 0.6) is 0 Å². The highest BCUT2D eigenvalue weighted by molar-refractivity contribution is 6.30. The number of nitrogens with zero attached hydrogens (tertiary/aromatic N) is 5. The van der Waals surface area contributed by atoms with Crippen molar-refractivity contribution >= 4 is 46.5 Å². The zero-order chi connectivity index (χ0) is 22.1. The molecule has 4 rings (SSSR count). The summed E-state index contributed by atoms with van der Waals surface area (Å²) in [6.45, 7) is 0.333. The van der Waals surface area contributed by atoms with Gasteiger partial charge in [0, 0.05) is 24.1 Å². The van der Waals surface area contributed by atoms with Crippen LogP contribution < -0.4 is 16.7 Å². The van der Waals surface area contributed by atoms with Gasteiger partial charge in [-0.1, -0.05) is 47.5 Å². The summed E-state index contributed by atoms with van der Waals surface area (Å²) in [6.07, 6.45) is 1.61. The number of fused-ring (bicyclic) bond motifs is 1. The number of anilines is 1. The molecule has 0 bridgehead atoms. The minimum absolute atomic E-state index is 0.270. The Bertz CT molecular complexity index is 1400. The molecule has 8 nitrogen and oxygen atoms in total. The van der Waals surface area contributed by atoms with Gasteiger partial charge in [0.15, 0.2) is 11.2 Å². The van der Waals surface area contributed by atoms with E-state index in [-0.39, 0.29) is 5.65 Å². The van der Waals surface area contributed by atoms with Gasteiger partial charge in [-0.05, 0) is 35.4 Å². The summed E-state index contributed by atoms with van der Waals surface area (Å²) in [5.41, 5.74) is 4.31. The number of nitrogens with one attached hydrogen (secondary N) is 1. The number of hydrazone groups is 1. The minimum atomic E-state index is -0.454. The van der Waals surface area contributed by atoms with Gasteiger partial charge in [0.25, 0.3) is 5.56 Å². The molecule has 2 heterocycles. The predicted molar refractivity (Wildman–Crippen MR) is 123 cm³/mol. The highest BCUT2D eigenvalue weighted by Gasteiger charge is 2.19. The Morgan fingerprint density at radius 3 is 2.23 bits per heavy atom. The van der Waals surface area contributed by atoms with Gasteiger partial charge >= 0.3 is 5.69 Å². The normalized spacial score (nSPS) is 11.5. The Labute approximate surface area is 187 Å². The molecule has 0 aliphatic heterocycles. The molecule has 10 heteroatoms. The summed E-state index contributed by atoms with van der Waals surface area (Å²) in [5.74, 6) is 0.327. The van der Waals surface area contributed by atoms with Crippen LogP contribution in [0.3, 0.4) is 0 Å². The zero-order valence-corrected chi connectivity index (χ0v) is 18.2. The molecule has 2 aromatic carbocycles. The van der Waals surface area contributed by atoms with Crippen molar-refractivity contribution in [2.45, 2.75) is 6.54 Å².